The van der Waals surface area contributed by atoms with E-state index >= 15 is 0 Å². The third-order valence-corrected chi connectivity index (χ3v) is 3.95. The van der Waals surface area contributed by atoms with Crippen LogP contribution in [0.1, 0.15) is 46.0 Å². The van der Waals surface area contributed by atoms with Crippen molar-refractivity contribution in [1.29, 1.82) is 0 Å². The minimum absolute atomic E-state index is 0.164. The van der Waals surface area contributed by atoms with E-state index in [1.54, 1.807) is 0 Å². The summed E-state index contributed by atoms with van der Waals surface area (Å²) in [6.45, 7) is 5.75. The lowest BCUT2D eigenvalue weighted by molar-refractivity contribution is -0.130. The first-order valence-corrected chi connectivity index (χ1v) is 6.81. The van der Waals surface area contributed by atoms with Crippen molar-refractivity contribution >= 4 is 5.91 Å². The van der Waals surface area contributed by atoms with Crippen LogP contribution < -0.4 is 10.6 Å². The highest BCUT2D eigenvalue weighted by atomic mass is 16.5. The second kappa shape index (κ2) is 5.36. The molecule has 0 aromatic heterocycles. The minimum atomic E-state index is -0.352. The van der Waals surface area contributed by atoms with Gasteiger partial charge in [0.25, 0.3) is 0 Å². The van der Waals surface area contributed by atoms with Crippen LogP contribution in [0.2, 0.25) is 0 Å². The number of ether oxygens (including phenoxy) is 1. The molecule has 17 heavy (non-hydrogen) atoms. The number of hydrogen-bond acceptors (Lipinski definition) is 3. The van der Waals surface area contributed by atoms with Crippen molar-refractivity contribution in [2.45, 2.75) is 63.6 Å². The van der Waals surface area contributed by atoms with Gasteiger partial charge in [-0.25, -0.2) is 0 Å². The van der Waals surface area contributed by atoms with E-state index in [9.17, 15) is 4.79 Å². The summed E-state index contributed by atoms with van der Waals surface area (Å²) >= 11 is 0. The Morgan fingerprint density at radius 2 is 2.24 bits per heavy atom. The average molecular weight is 240 g/mol. The standard InChI is InChI=1S/C13H24N2O2/c1-3-17-11-8-10(9-11)15-12(16)13(2)6-4-5-7-14-13/h10-11,14H,3-9H2,1-2H3,(H,15,16). The van der Waals surface area contributed by atoms with Crippen LogP contribution in [0.3, 0.4) is 0 Å². The fourth-order valence-electron chi connectivity index (χ4n) is 2.65. The van der Waals surface area contributed by atoms with Gasteiger partial charge in [0.05, 0.1) is 11.6 Å². The molecule has 2 fully saturated rings. The summed E-state index contributed by atoms with van der Waals surface area (Å²) in [5.41, 5.74) is -0.352. The average Bonchev–Trinajstić information content (AvgIpc) is 2.27. The number of carbonyl (C=O) groups excluding carboxylic acids is 1. The molecule has 0 aromatic rings. The number of carbonyl (C=O) groups is 1. The molecule has 4 heteroatoms. The second-order valence-corrected chi connectivity index (χ2v) is 5.44. The fourth-order valence-corrected chi connectivity index (χ4v) is 2.65. The van der Waals surface area contributed by atoms with Gasteiger partial charge < -0.3 is 15.4 Å². The Balaban J connectivity index is 1.74. The zero-order valence-corrected chi connectivity index (χ0v) is 10.9. The maximum atomic E-state index is 12.2. The predicted molar refractivity (Wildman–Crippen MR) is 66.8 cm³/mol. The zero-order valence-electron chi connectivity index (χ0n) is 10.9. The van der Waals surface area contributed by atoms with Gasteiger partial charge in [-0.3, -0.25) is 4.79 Å². The molecule has 1 unspecified atom stereocenters. The Labute approximate surface area is 103 Å². The van der Waals surface area contributed by atoms with Crippen molar-refractivity contribution in [3.8, 4) is 0 Å². The zero-order chi connectivity index (χ0) is 12.3. The van der Waals surface area contributed by atoms with Gasteiger partial charge in [0.15, 0.2) is 0 Å². The smallest absolute Gasteiger partial charge is 0.240 e. The predicted octanol–water partition coefficient (Wildman–Crippen LogP) is 1.20. The van der Waals surface area contributed by atoms with Crippen LogP contribution in [-0.2, 0) is 9.53 Å². The molecule has 98 valence electrons. The molecule has 1 amide bonds. The van der Waals surface area contributed by atoms with Gasteiger partial charge in [0, 0.05) is 12.6 Å². The van der Waals surface area contributed by atoms with Gasteiger partial charge in [-0.1, -0.05) is 0 Å². The Bertz CT molecular complexity index is 269. The van der Waals surface area contributed by atoms with Crippen molar-refractivity contribution in [1.82, 2.24) is 10.6 Å². The first kappa shape index (κ1) is 12.8. The van der Waals surface area contributed by atoms with Gasteiger partial charge >= 0.3 is 0 Å². The summed E-state index contributed by atoms with van der Waals surface area (Å²) in [4.78, 5) is 12.2. The van der Waals surface area contributed by atoms with Crippen LogP contribution in [0.5, 0.6) is 0 Å². The van der Waals surface area contributed by atoms with Gasteiger partial charge in [-0.2, -0.15) is 0 Å². The van der Waals surface area contributed by atoms with E-state index < -0.39 is 0 Å². The van der Waals surface area contributed by atoms with Crippen LogP contribution in [0.15, 0.2) is 0 Å². The van der Waals surface area contributed by atoms with Gasteiger partial charge in [0.2, 0.25) is 5.91 Å². The van der Waals surface area contributed by atoms with Crippen LogP contribution in [0, 0.1) is 0 Å². The molecule has 2 N–H and O–H groups in total. The molecule has 2 aliphatic rings. The summed E-state index contributed by atoms with van der Waals surface area (Å²) in [7, 11) is 0. The molecule has 1 heterocycles. The number of piperidine rings is 1. The topological polar surface area (TPSA) is 50.4 Å². The van der Waals surface area contributed by atoms with Crippen molar-refractivity contribution in [2.75, 3.05) is 13.2 Å². The van der Waals surface area contributed by atoms with Gasteiger partial charge in [0.1, 0.15) is 0 Å². The molecular weight excluding hydrogens is 216 g/mol. The molecule has 2 rings (SSSR count). The van der Waals surface area contributed by atoms with E-state index in [1.807, 2.05) is 13.8 Å². The summed E-state index contributed by atoms with van der Waals surface area (Å²) in [6, 6.07) is 0.319. The molecule has 1 aliphatic heterocycles. The number of nitrogens with one attached hydrogen (secondary N) is 2. The van der Waals surface area contributed by atoms with Crippen molar-refractivity contribution in [3.05, 3.63) is 0 Å². The van der Waals surface area contributed by atoms with Crippen molar-refractivity contribution in [2.24, 2.45) is 0 Å². The van der Waals surface area contributed by atoms with E-state index in [0.29, 0.717) is 12.1 Å². The molecule has 1 aliphatic carbocycles. The maximum Gasteiger partial charge on any atom is 0.240 e. The summed E-state index contributed by atoms with van der Waals surface area (Å²) in [5, 5.41) is 6.48. The first-order chi connectivity index (χ1) is 8.14. The monoisotopic (exact) mass is 240 g/mol. The quantitative estimate of drug-likeness (QED) is 0.776. The molecule has 0 bridgehead atoms. The molecule has 4 nitrogen and oxygen atoms in total. The Hall–Kier alpha value is -0.610. The molecule has 0 radical (unpaired) electrons. The highest BCUT2D eigenvalue weighted by molar-refractivity contribution is 5.86. The lowest BCUT2D eigenvalue weighted by atomic mass is 9.86. The van der Waals surface area contributed by atoms with Crippen LogP contribution in [0.4, 0.5) is 0 Å². The van der Waals surface area contributed by atoms with Crippen LogP contribution >= 0.6 is 0 Å². The molecule has 1 atom stereocenters. The second-order valence-electron chi connectivity index (χ2n) is 5.44. The molecule has 1 saturated heterocycles. The Morgan fingerprint density at radius 3 is 2.82 bits per heavy atom. The lowest BCUT2D eigenvalue weighted by Crippen LogP contribution is -2.60. The minimum Gasteiger partial charge on any atom is -0.378 e. The molecule has 0 aromatic carbocycles. The third kappa shape index (κ3) is 2.99. The first-order valence-electron chi connectivity index (χ1n) is 6.81. The highest BCUT2D eigenvalue weighted by Crippen LogP contribution is 2.25. The number of hydrogen-bond donors (Lipinski definition) is 2. The Kier molecular flexibility index (Phi) is 4.05. The SMILES string of the molecule is CCOC1CC(NC(=O)C2(C)CCCCN2)C1. The van der Waals surface area contributed by atoms with E-state index in [2.05, 4.69) is 10.6 Å². The molecule has 1 saturated carbocycles. The van der Waals surface area contributed by atoms with Gasteiger partial charge in [-0.15, -0.1) is 0 Å². The largest absolute Gasteiger partial charge is 0.378 e. The van der Waals surface area contributed by atoms with E-state index in [-0.39, 0.29) is 11.4 Å². The van der Waals surface area contributed by atoms with E-state index in [0.717, 1.165) is 38.8 Å². The third-order valence-electron chi connectivity index (χ3n) is 3.95. The summed E-state index contributed by atoms with van der Waals surface area (Å²) in [6.07, 6.45) is 5.56. The van der Waals surface area contributed by atoms with Crippen molar-refractivity contribution < 1.29 is 9.53 Å². The normalized spacial score (nSPS) is 37.3. The van der Waals surface area contributed by atoms with Crippen LogP contribution in [0.25, 0.3) is 0 Å². The fraction of sp³-hybridized carbons (Fsp3) is 0.923. The summed E-state index contributed by atoms with van der Waals surface area (Å²) < 4.78 is 5.49. The van der Waals surface area contributed by atoms with Crippen LogP contribution in [-0.4, -0.2) is 36.7 Å². The van der Waals surface area contributed by atoms with Gasteiger partial charge in [-0.05, 0) is 52.5 Å². The Morgan fingerprint density at radius 1 is 1.47 bits per heavy atom. The van der Waals surface area contributed by atoms with E-state index in [1.165, 1.54) is 6.42 Å². The summed E-state index contributed by atoms with van der Waals surface area (Å²) in [5.74, 6) is 0.164. The lowest BCUT2D eigenvalue weighted by Gasteiger charge is -2.39. The highest BCUT2D eigenvalue weighted by Gasteiger charge is 2.38. The van der Waals surface area contributed by atoms with E-state index in [4.69, 9.17) is 4.74 Å². The number of rotatable bonds is 4. The number of amides is 1. The van der Waals surface area contributed by atoms with Crippen molar-refractivity contribution in [3.63, 3.8) is 0 Å². The maximum absolute atomic E-state index is 12.2. The molecule has 0 spiro atoms. The molecular formula is C13H24N2O2.